The highest BCUT2D eigenvalue weighted by atomic mass is 16.5. The molecule has 1 aliphatic heterocycles. The summed E-state index contributed by atoms with van der Waals surface area (Å²) in [6.07, 6.45) is 1.28. The summed E-state index contributed by atoms with van der Waals surface area (Å²) in [6, 6.07) is 16.6. The average Bonchev–Trinajstić information content (AvgIpc) is 2.82. The maximum absolute atomic E-state index is 13.0. The molecule has 1 atom stereocenters. The van der Waals surface area contributed by atoms with Crippen molar-refractivity contribution in [3.8, 4) is 5.75 Å². The third kappa shape index (κ3) is 4.71. The van der Waals surface area contributed by atoms with E-state index in [-0.39, 0.29) is 12.3 Å². The molecule has 2 amide bonds. The number of aryl methyl sites for hydroxylation is 1. The number of hydrogen-bond acceptors (Lipinski definition) is 6. The number of hydroxylamine groups is 1. The highest BCUT2D eigenvalue weighted by molar-refractivity contribution is 5.88. The van der Waals surface area contributed by atoms with Gasteiger partial charge in [0.25, 0.3) is 5.91 Å². The predicted octanol–water partition coefficient (Wildman–Crippen LogP) is 2.67. The third-order valence-corrected chi connectivity index (χ3v) is 5.56. The van der Waals surface area contributed by atoms with Crippen LogP contribution in [0.2, 0.25) is 0 Å². The van der Waals surface area contributed by atoms with Crippen molar-refractivity contribution in [1.29, 1.82) is 0 Å². The minimum absolute atomic E-state index is 0.0640. The highest BCUT2D eigenvalue weighted by Gasteiger charge is 2.32. The van der Waals surface area contributed by atoms with E-state index in [1.165, 1.54) is 5.01 Å². The Kier molecular flexibility index (Phi) is 6.63. The van der Waals surface area contributed by atoms with E-state index in [1.807, 2.05) is 61.5 Å². The number of benzene rings is 2. The molecule has 0 unspecified atom stereocenters. The minimum Gasteiger partial charge on any atom is -0.489 e. The molecule has 0 spiro atoms. The fourth-order valence-corrected chi connectivity index (χ4v) is 4.03. The number of amides is 2. The van der Waals surface area contributed by atoms with E-state index in [1.54, 1.807) is 5.48 Å². The van der Waals surface area contributed by atoms with Crippen LogP contribution in [0.25, 0.3) is 10.9 Å². The summed E-state index contributed by atoms with van der Waals surface area (Å²) in [7, 11) is 0. The van der Waals surface area contributed by atoms with Gasteiger partial charge in [0.2, 0.25) is 5.91 Å². The molecule has 0 radical (unpaired) electrons. The number of aromatic nitrogens is 1. The maximum atomic E-state index is 13.0. The summed E-state index contributed by atoms with van der Waals surface area (Å²) in [5.74, 6) is -0.255. The van der Waals surface area contributed by atoms with Gasteiger partial charge in [-0.1, -0.05) is 36.4 Å². The fourth-order valence-electron chi connectivity index (χ4n) is 4.03. The van der Waals surface area contributed by atoms with Crippen LogP contribution in [0.3, 0.4) is 0 Å². The first kappa shape index (κ1) is 21.7. The van der Waals surface area contributed by atoms with Crippen molar-refractivity contribution in [2.24, 2.45) is 0 Å². The molecule has 32 heavy (non-hydrogen) atoms. The lowest BCUT2D eigenvalue weighted by molar-refractivity contribution is -0.149. The Morgan fingerprint density at radius 2 is 1.97 bits per heavy atom. The Balaban J connectivity index is 1.51. The molecule has 4 rings (SSSR count). The van der Waals surface area contributed by atoms with Crippen LogP contribution in [-0.2, 0) is 22.6 Å². The van der Waals surface area contributed by atoms with Crippen LogP contribution < -0.4 is 15.6 Å². The molecule has 8 nitrogen and oxygen atoms in total. The number of nitrogens with zero attached hydrogens (tertiary/aromatic N) is 2. The average molecular weight is 434 g/mol. The Bertz CT molecular complexity index is 1130. The second kappa shape index (κ2) is 9.76. The van der Waals surface area contributed by atoms with Crippen LogP contribution in [-0.4, -0.2) is 39.6 Å². The van der Waals surface area contributed by atoms with Crippen LogP contribution in [0.4, 0.5) is 0 Å². The molecule has 2 aromatic carbocycles. The number of hydrazine groups is 1. The fraction of sp³-hybridized carbons (Fsp3) is 0.292. The number of pyridine rings is 1. The second-order valence-corrected chi connectivity index (χ2v) is 7.82. The smallest absolute Gasteiger partial charge is 0.267 e. The lowest BCUT2D eigenvalue weighted by atomic mass is 10.1. The summed E-state index contributed by atoms with van der Waals surface area (Å²) in [6.45, 7) is 2.88. The summed E-state index contributed by atoms with van der Waals surface area (Å²) >= 11 is 0. The zero-order valence-electron chi connectivity index (χ0n) is 17.9. The number of carbonyl (C=O) groups is 2. The largest absolute Gasteiger partial charge is 0.489 e. The lowest BCUT2D eigenvalue weighted by Gasteiger charge is -2.34. The van der Waals surface area contributed by atoms with E-state index < -0.39 is 11.9 Å². The molecular formula is C24H26N4O4. The predicted molar refractivity (Wildman–Crippen MR) is 119 cm³/mol. The van der Waals surface area contributed by atoms with E-state index in [0.717, 1.165) is 34.1 Å². The van der Waals surface area contributed by atoms with Crippen molar-refractivity contribution >= 4 is 22.7 Å². The molecule has 0 aliphatic carbocycles. The first-order valence-corrected chi connectivity index (χ1v) is 10.6. The van der Waals surface area contributed by atoms with Gasteiger partial charge >= 0.3 is 0 Å². The molecule has 1 aromatic heterocycles. The Morgan fingerprint density at radius 3 is 2.81 bits per heavy atom. The van der Waals surface area contributed by atoms with E-state index in [4.69, 9.17) is 9.94 Å². The van der Waals surface area contributed by atoms with Crippen molar-refractivity contribution < 1.29 is 19.5 Å². The zero-order valence-corrected chi connectivity index (χ0v) is 17.9. The quantitative estimate of drug-likeness (QED) is 0.407. The molecule has 0 bridgehead atoms. The summed E-state index contributed by atoms with van der Waals surface area (Å²) < 4.78 is 6.13. The van der Waals surface area contributed by atoms with Crippen LogP contribution in [0.1, 0.15) is 29.7 Å². The molecule has 1 fully saturated rings. The van der Waals surface area contributed by atoms with Crippen LogP contribution in [0, 0.1) is 6.92 Å². The van der Waals surface area contributed by atoms with Gasteiger partial charge in [0.05, 0.1) is 11.9 Å². The summed E-state index contributed by atoms with van der Waals surface area (Å²) in [4.78, 5) is 29.5. The third-order valence-electron chi connectivity index (χ3n) is 5.56. The van der Waals surface area contributed by atoms with E-state index in [2.05, 4.69) is 10.4 Å². The van der Waals surface area contributed by atoms with Gasteiger partial charge < -0.3 is 4.74 Å². The topological polar surface area (TPSA) is 104 Å². The Hall–Kier alpha value is -3.49. The first-order chi connectivity index (χ1) is 15.6. The van der Waals surface area contributed by atoms with Gasteiger partial charge in [-0.15, -0.1) is 0 Å². The van der Waals surface area contributed by atoms with Gasteiger partial charge in [-0.05, 0) is 38.0 Å². The van der Waals surface area contributed by atoms with E-state index >= 15 is 0 Å². The number of hydrogen-bond donors (Lipinski definition) is 3. The van der Waals surface area contributed by atoms with E-state index in [0.29, 0.717) is 25.3 Å². The van der Waals surface area contributed by atoms with Crippen molar-refractivity contribution in [2.75, 3.05) is 6.54 Å². The van der Waals surface area contributed by atoms with Gasteiger partial charge in [-0.3, -0.25) is 24.8 Å². The van der Waals surface area contributed by atoms with Gasteiger partial charge in [0.15, 0.2) is 0 Å². The molecule has 8 heteroatoms. The first-order valence-electron chi connectivity index (χ1n) is 10.6. The van der Waals surface area contributed by atoms with Crippen LogP contribution >= 0.6 is 0 Å². The van der Waals surface area contributed by atoms with Crippen molar-refractivity contribution in [1.82, 2.24) is 20.9 Å². The number of para-hydroxylation sites is 2. The van der Waals surface area contributed by atoms with Gasteiger partial charge in [0, 0.05) is 28.8 Å². The number of carbonyl (C=O) groups excluding carboxylic acids is 2. The number of nitrogens with one attached hydrogen (secondary N) is 2. The highest BCUT2D eigenvalue weighted by Crippen LogP contribution is 2.24. The number of ether oxygens (including phenoxy) is 1. The second-order valence-electron chi connectivity index (χ2n) is 7.82. The van der Waals surface area contributed by atoms with Crippen molar-refractivity contribution in [3.63, 3.8) is 0 Å². The molecule has 2 heterocycles. The molecule has 0 saturated carbocycles. The molecule has 3 aromatic rings. The zero-order chi connectivity index (χ0) is 22.5. The molecule has 3 N–H and O–H groups in total. The monoisotopic (exact) mass is 434 g/mol. The van der Waals surface area contributed by atoms with Gasteiger partial charge in [0.1, 0.15) is 18.4 Å². The number of rotatable bonds is 6. The number of fused-ring (bicyclic) bond motifs is 1. The maximum Gasteiger partial charge on any atom is 0.267 e. The Morgan fingerprint density at radius 1 is 1.19 bits per heavy atom. The molecule has 1 saturated heterocycles. The summed E-state index contributed by atoms with van der Waals surface area (Å²) in [5.41, 5.74) is 8.19. The van der Waals surface area contributed by atoms with Crippen molar-refractivity contribution in [3.05, 3.63) is 71.4 Å². The van der Waals surface area contributed by atoms with Crippen LogP contribution in [0.5, 0.6) is 5.75 Å². The lowest BCUT2D eigenvalue weighted by Crippen LogP contribution is -2.58. The molecule has 1 aliphatic rings. The molecule has 166 valence electrons. The van der Waals surface area contributed by atoms with Gasteiger partial charge in [-0.2, -0.15) is 0 Å². The SMILES string of the molecule is Cc1cc(COc2ccccc2CC(=O)N2NCCC[C@@H]2C(=O)NO)c2ccccc2n1. The van der Waals surface area contributed by atoms with Crippen LogP contribution in [0.15, 0.2) is 54.6 Å². The van der Waals surface area contributed by atoms with E-state index in [9.17, 15) is 9.59 Å². The Labute approximate surface area is 186 Å². The standard InChI is InChI=1S/C24H26N4O4/c1-16-13-18(19-8-3-4-9-20(19)26-16)15-32-22-11-5-2-7-17(22)14-23(29)28-21(24(30)27-31)10-6-12-25-28/h2-5,7-9,11,13,21,25,31H,6,10,12,14-15H2,1H3,(H,27,30)/t21-/m1/s1. The normalized spacial score (nSPS) is 16.1. The molecular weight excluding hydrogens is 408 g/mol. The summed E-state index contributed by atoms with van der Waals surface area (Å²) in [5, 5.41) is 11.3. The van der Waals surface area contributed by atoms with Crippen molar-refractivity contribution in [2.45, 2.75) is 38.8 Å². The van der Waals surface area contributed by atoms with Gasteiger partial charge in [-0.25, -0.2) is 10.9 Å². The minimum atomic E-state index is -0.750.